The van der Waals surface area contributed by atoms with E-state index in [9.17, 15) is 4.79 Å². The molecule has 0 saturated carbocycles. The Hall–Kier alpha value is -1.76. The third-order valence-corrected chi connectivity index (χ3v) is 2.78. The maximum atomic E-state index is 12.0. The van der Waals surface area contributed by atoms with Gasteiger partial charge in [-0.15, -0.1) is 0 Å². The number of aryl methyl sites for hydroxylation is 1. The van der Waals surface area contributed by atoms with Crippen molar-refractivity contribution in [1.82, 2.24) is 4.90 Å². The summed E-state index contributed by atoms with van der Waals surface area (Å²) >= 11 is 0. The van der Waals surface area contributed by atoms with Crippen molar-refractivity contribution in [3.8, 4) is 6.07 Å². The molecule has 4 heteroatoms. The normalized spacial score (nSPS) is 11.9. The maximum absolute atomic E-state index is 12.0. The summed E-state index contributed by atoms with van der Waals surface area (Å²) in [4.78, 5) is 13.6. The highest BCUT2D eigenvalue weighted by atomic mass is 16.3. The molecule has 0 bridgehead atoms. The summed E-state index contributed by atoms with van der Waals surface area (Å²) < 4.78 is 5.18. The van der Waals surface area contributed by atoms with Gasteiger partial charge in [0.15, 0.2) is 0 Å². The minimum absolute atomic E-state index is 0.116. The highest BCUT2D eigenvalue weighted by Crippen LogP contribution is 2.14. The molecule has 0 radical (unpaired) electrons. The molecule has 1 rings (SSSR count). The maximum Gasteiger partial charge on any atom is 0.239 e. The predicted molar refractivity (Wildman–Crippen MR) is 63.9 cm³/mol. The number of hydrogen-bond acceptors (Lipinski definition) is 3. The molecule has 1 atom stereocenters. The first-order valence-electron chi connectivity index (χ1n) is 5.77. The summed E-state index contributed by atoms with van der Waals surface area (Å²) in [6, 6.07) is 3.91. The molecule has 0 aliphatic rings. The van der Waals surface area contributed by atoms with Crippen LogP contribution in [-0.4, -0.2) is 17.9 Å². The minimum Gasteiger partial charge on any atom is -0.469 e. The Morgan fingerprint density at radius 3 is 2.82 bits per heavy atom. The molecule has 1 heterocycles. The Kier molecular flexibility index (Phi) is 4.77. The van der Waals surface area contributed by atoms with Crippen molar-refractivity contribution in [3.05, 3.63) is 23.7 Å². The van der Waals surface area contributed by atoms with Gasteiger partial charge in [0.2, 0.25) is 5.91 Å². The van der Waals surface area contributed by atoms with E-state index in [-0.39, 0.29) is 5.91 Å². The Labute approximate surface area is 102 Å². The second kappa shape index (κ2) is 6.09. The van der Waals surface area contributed by atoms with Crippen molar-refractivity contribution in [2.24, 2.45) is 5.92 Å². The van der Waals surface area contributed by atoms with Gasteiger partial charge in [0.25, 0.3) is 0 Å². The summed E-state index contributed by atoms with van der Waals surface area (Å²) in [5.41, 5.74) is 0.981. The average Bonchev–Trinajstić information content (AvgIpc) is 2.71. The SMILES string of the molecule is CCCC(C#N)C(=O)N(C)Cc1ccoc1C. The number of furan rings is 1. The van der Waals surface area contributed by atoms with E-state index in [0.717, 1.165) is 17.7 Å². The quantitative estimate of drug-likeness (QED) is 0.786. The summed E-state index contributed by atoms with van der Waals surface area (Å²) in [5, 5.41) is 8.94. The van der Waals surface area contributed by atoms with Crippen LogP contribution >= 0.6 is 0 Å². The number of rotatable bonds is 5. The van der Waals surface area contributed by atoms with Gasteiger partial charge in [0.05, 0.1) is 12.3 Å². The highest BCUT2D eigenvalue weighted by molar-refractivity contribution is 5.80. The fourth-order valence-corrected chi connectivity index (χ4v) is 1.71. The van der Waals surface area contributed by atoms with Gasteiger partial charge < -0.3 is 9.32 Å². The van der Waals surface area contributed by atoms with Gasteiger partial charge in [-0.25, -0.2) is 0 Å². The standard InChI is InChI=1S/C13H18N2O2/c1-4-5-11(8-14)13(16)15(3)9-12-6-7-17-10(12)2/h6-7,11H,4-5,9H2,1-3H3. The van der Waals surface area contributed by atoms with Crippen molar-refractivity contribution in [2.45, 2.75) is 33.2 Å². The first kappa shape index (κ1) is 13.3. The second-order valence-electron chi connectivity index (χ2n) is 4.17. The number of amides is 1. The van der Waals surface area contributed by atoms with Gasteiger partial charge in [-0.1, -0.05) is 13.3 Å². The van der Waals surface area contributed by atoms with Gasteiger partial charge in [-0.05, 0) is 19.4 Å². The number of carbonyl (C=O) groups excluding carboxylic acids is 1. The van der Waals surface area contributed by atoms with E-state index in [1.165, 1.54) is 0 Å². The molecule has 0 N–H and O–H groups in total. The lowest BCUT2D eigenvalue weighted by molar-refractivity contribution is -0.133. The van der Waals surface area contributed by atoms with Gasteiger partial charge >= 0.3 is 0 Å². The molecule has 0 spiro atoms. The summed E-state index contributed by atoms with van der Waals surface area (Å²) in [5.74, 6) is 0.167. The molecule has 1 aromatic heterocycles. The average molecular weight is 234 g/mol. The lowest BCUT2D eigenvalue weighted by atomic mass is 10.0. The van der Waals surface area contributed by atoms with E-state index < -0.39 is 5.92 Å². The van der Waals surface area contributed by atoms with Crippen molar-refractivity contribution < 1.29 is 9.21 Å². The summed E-state index contributed by atoms with van der Waals surface area (Å²) in [7, 11) is 1.72. The van der Waals surface area contributed by atoms with E-state index in [2.05, 4.69) is 6.07 Å². The molecule has 92 valence electrons. The summed E-state index contributed by atoms with van der Waals surface area (Å²) in [6.45, 7) is 4.32. The third-order valence-electron chi connectivity index (χ3n) is 2.78. The van der Waals surface area contributed by atoms with Gasteiger partial charge in [-0.2, -0.15) is 5.26 Å². The van der Waals surface area contributed by atoms with E-state index >= 15 is 0 Å². The van der Waals surface area contributed by atoms with Crippen LogP contribution in [-0.2, 0) is 11.3 Å². The fourth-order valence-electron chi connectivity index (χ4n) is 1.71. The largest absolute Gasteiger partial charge is 0.469 e. The van der Waals surface area contributed by atoms with Crippen molar-refractivity contribution in [2.75, 3.05) is 7.05 Å². The van der Waals surface area contributed by atoms with Crippen LogP contribution in [0, 0.1) is 24.2 Å². The minimum atomic E-state index is -0.530. The smallest absolute Gasteiger partial charge is 0.239 e. The molecule has 0 aromatic carbocycles. The Morgan fingerprint density at radius 2 is 2.35 bits per heavy atom. The van der Waals surface area contributed by atoms with Gasteiger partial charge in [0.1, 0.15) is 11.7 Å². The molecule has 0 fully saturated rings. The first-order chi connectivity index (χ1) is 8.10. The van der Waals surface area contributed by atoms with Gasteiger partial charge in [0, 0.05) is 19.2 Å². The monoisotopic (exact) mass is 234 g/mol. The molecular formula is C13H18N2O2. The van der Waals surface area contributed by atoms with Crippen LogP contribution in [0.4, 0.5) is 0 Å². The summed E-state index contributed by atoms with van der Waals surface area (Å²) in [6.07, 6.45) is 3.06. The highest BCUT2D eigenvalue weighted by Gasteiger charge is 2.21. The molecule has 4 nitrogen and oxygen atoms in total. The fraction of sp³-hybridized carbons (Fsp3) is 0.538. The van der Waals surface area contributed by atoms with E-state index in [0.29, 0.717) is 13.0 Å². The van der Waals surface area contributed by atoms with Crippen LogP contribution < -0.4 is 0 Å². The van der Waals surface area contributed by atoms with Gasteiger partial charge in [-0.3, -0.25) is 4.79 Å². The number of hydrogen-bond donors (Lipinski definition) is 0. The third kappa shape index (κ3) is 3.35. The molecule has 1 amide bonds. The van der Waals surface area contributed by atoms with Crippen LogP contribution in [0.1, 0.15) is 31.1 Å². The topological polar surface area (TPSA) is 57.2 Å². The van der Waals surface area contributed by atoms with Crippen LogP contribution in [0.5, 0.6) is 0 Å². The zero-order chi connectivity index (χ0) is 12.8. The number of carbonyl (C=O) groups is 1. The number of nitriles is 1. The first-order valence-corrected chi connectivity index (χ1v) is 5.77. The van der Waals surface area contributed by atoms with Crippen molar-refractivity contribution >= 4 is 5.91 Å². The molecule has 0 saturated heterocycles. The zero-order valence-electron chi connectivity index (χ0n) is 10.6. The van der Waals surface area contributed by atoms with Crippen LogP contribution in [0.25, 0.3) is 0 Å². The Balaban J connectivity index is 2.64. The second-order valence-corrected chi connectivity index (χ2v) is 4.17. The molecule has 0 aliphatic heterocycles. The van der Waals surface area contributed by atoms with Crippen molar-refractivity contribution in [1.29, 1.82) is 5.26 Å². The number of nitrogens with zero attached hydrogens (tertiary/aromatic N) is 2. The van der Waals surface area contributed by atoms with Crippen LogP contribution in [0.3, 0.4) is 0 Å². The molecule has 17 heavy (non-hydrogen) atoms. The molecule has 1 unspecified atom stereocenters. The lowest BCUT2D eigenvalue weighted by Gasteiger charge is -2.19. The van der Waals surface area contributed by atoms with Crippen LogP contribution in [0.15, 0.2) is 16.7 Å². The van der Waals surface area contributed by atoms with E-state index in [1.807, 2.05) is 19.9 Å². The zero-order valence-corrected chi connectivity index (χ0v) is 10.6. The van der Waals surface area contributed by atoms with Crippen molar-refractivity contribution in [3.63, 3.8) is 0 Å². The Morgan fingerprint density at radius 1 is 1.65 bits per heavy atom. The van der Waals surface area contributed by atoms with Crippen LogP contribution in [0.2, 0.25) is 0 Å². The molecule has 0 aliphatic carbocycles. The lowest BCUT2D eigenvalue weighted by Crippen LogP contribution is -2.31. The molecule has 1 aromatic rings. The predicted octanol–water partition coefficient (Wildman–Crippen LogP) is 2.49. The Bertz CT molecular complexity index is 417. The van der Waals surface area contributed by atoms with E-state index in [1.54, 1.807) is 18.2 Å². The van der Waals surface area contributed by atoms with E-state index in [4.69, 9.17) is 9.68 Å². The molecular weight excluding hydrogens is 216 g/mol.